The van der Waals surface area contributed by atoms with E-state index in [2.05, 4.69) is 4.98 Å². The molecule has 17 heavy (non-hydrogen) atoms. The molecule has 5 nitrogen and oxygen atoms in total. The first-order valence-corrected chi connectivity index (χ1v) is 5.90. The lowest BCUT2D eigenvalue weighted by molar-refractivity contribution is 0.0615. The molecule has 0 saturated carbocycles. The van der Waals surface area contributed by atoms with Crippen LogP contribution in [0.25, 0.3) is 0 Å². The average molecular weight is 238 g/mol. The highest BCUT2D eigenvalue weighted by molar-refractivity contribution is 5.92. The smallest absolute Gasteiger partial charge is 0.291 e. The highest BCUT2D eigenvalue weighted by Crippen LogP contribution is 2.26. The Hall–Kier alpha value is -1.36. The third-order valence-electron chi connectivity index (χ3n) is 3.43. The molecule has 0 bridgehead atoms. The first-order chi connectivity index (χ1) is 8.04. The van der Waals surface area contributed by atoms with Crippen LogP contribution in [-0.4, -0.2) is 40.1 Å². The van der Waals surface area contributed by atoms with E-state index in [1.54, 1.807) is 18.7 Å². The van der Waals surface area contributed by atoms with Gasteiger partial charge in [-0.05, 0) is 19.3 Å². The van der Waals surface area contributed by atoms with Crippen molar-refractivity contribution in [3.05, 3.63) is 17.3 Å². The van der Waals surface area contributed by atoms with Crippen LogP contribution < -0.4 is 0 Å². The minimum Gasteiger partial charge on any atom is -0.436 e. The topological polar surface area (TPSA) is 66.6 Å². The second kappa shape index (κ2) is 4.49. The zero-order chi connectivity index (χ0) is 12.6. The number of aromatic nitrogens is 1. The standard InChI is InChI=1S/C12H18N2O3/c1-7-4-5-14(10(7)6-15)12(16)11-8(2)13-9(3)17-11/h7,10,15H,4-6H2,1-3H3. The largest absolute Gasteiger partial charge is 0.436 e. The van der Waals surface area contributed by atoms with Gasteiger partial charge in [0.05, 0.1) is 18.3 Å². The third-order valence-corrected chi connectivity index (χ3v) is 3.43. The van der Waals surface area contributed by atoms with Crippen LogP contribution >= 0.6 is 0 Å². The van der Waals surface area contributed by atoms with Crippen molar-refractivity contribution in [1.82, 2.24) is 9.88 Å². The van der Waals surface area contributed by atoms with Gasteiger partial charge in [-0.15, -0.1) is 0 Å². The maximum absolute atomic E-state index is 12.3. The predicted molar refractivity (Wildman–Crippen MR) is 61.7 cm³/mol. The van der Waals surface area contributed by atoms with E-state index in [1.165, 1.54) is 0 Å². The van der Waals surface area contributed by atoms with Crippen LogP contribution in [0, 0.1) is 19.8 Å². The van der Waals surface area contributed by atoms with Gasteiger partial charge in [0.1, 0.15) is 0 Å². The van der Waals surface area contributed by atoms with Gasteiger partial charge in [0, 0.05) is 13.5 Å². The fourth-order valence-electron chi connectivity index (χ4n) is 2.40. The van der Waals surface area contributed by atoms with Crippen LogP contribution in [0.4, 0.5) is 0 Å². The van der Waals surface area contributed by atoms with E-state index in [9.17, 15) is 9.90 Å². The first kappa shape index (κ1) is 12.1. The van der Waals surface area contributed by atoms with E-state index in [4.69, 9.17) is 4.42 Å². The first-order valence-electron chi connectivity index (χ1n) is 5.90. The molecule has 2 unspecified atom stereocenters. The second-order valence-corrected chi connectivity index (χ2v) is 4.66. The molecule has 2 heterocycles. The molecule has 1 aromatic rings. The number of aryl methyl sites for hydroxylation is 2. The number of aliphatic hydroxyl groups excluding tert-OH is 1. The van der Waals surface area contributed by atoms with Crippen LogP contribution in [0.2, 0.25) is 0 Å². The second-order valence-electron chi connectivity index (χ2n) is 4.66. The molecule has 2 rings (SSSR count). The van der Waals surface area contributed by atoms with Crippen molar-refractivity contribution < 1.29 is 14.3 Å². The summed E-state index contributed by atoms with van der Waals surface area (Å²) in [5, 5.41) is 9.34. The molecule has 1 fully saturated rings. The normalized spacial score (nSPS) is 24.4. The number of nitrogens with zero attached hydrogens (tertiary/aromatic N) is 2. The maximum Gasteiger partial charge on any atom is 0.291 e. The number of hydrogen-bond donors (Lipinski definition) is 1. The Morgan fingerprint density at radius 1 is 1.59 bits per heavy atom. The minimum atomic E-state index is -0.161. The van der Waals surface area contributed by atoms with E-state index in [0.717, 1.165) is 6.42 Å². The lowest BCUT2D eigenvalue weighted by atomic mass is 10.0. The lowest BCUT2D eigenvalue weighted by Crippen LogP contribution is -2.39. The molecule has 0 radical (unpaired) electrons. The number of oxazole rings is 1. The van der Waals surface area contributed by atoms with Gasteiger partial charge in [0.25, 0.3) is 5.91 Å². The molecule has 0 aromatic carbocycles. The summed E-state index contributed by atoms with van der Waals surface area (Å²) >= 11 is 0. The molecule has 1 saturated heterocycles. The highest BCUT2D eigenvalue weighted by Gasteiger charge is 2.36. The summed E-state index contributed by atoms with van der Waals surface area (Å²) in [5.41, 5.74) is 0.615. The number of likely N-dealkylation sites (tertiary alicyclic amines) is 1. The maximum atomic E-state index is 12.3. The Bertz CT molecular complexity index is 427. The summed E-state index contributed by atoms with van der Waals surface area (Å²) in [6.07, 6.45) is 0.920. The fraction of sp³-hybridized carbons (Fsp3) is 0.667. The SMILES string of the molecule is Cc1nc(C)c(C(=O)N2CCC(C)C2CO)o1. The monoisotopic (exact) mass is 238 g/mol. The fourth-order valence-corrected chi connectivity index (χ4v) is 2.40. The zero-order valence-corrected chi connectivity index (χ0v) is 10.4. The van der Waals surface area contributed by atoms with Gasteiger partial charge >= 0.3 is 0 Å². The van der Waals surface area contributed by atoms with Crippen molar-refractivity contribution in [1.29, 1.82) is 0 Å². The van der Waals surface area contributed by atoms with Crippen molar-refractivity contribution in [3.63, 3.8) is 0 Å². The third kappa shape index (κ3) is 2.07. The molecular weight excluding hydrogens is 220 g/mol. The number of amides is 1. The number of carbonyl (C=O) groups is 1. The Morgan fingerprint density at radius 3 is 2.82 bits per heavy atom. The summed E-state index contributed by atoms with van der Waals surface area (Å²) in [5.74, 6) is 0.966. The van der Waals surface area contributed by atoms with Crippen LogP contribution in [0.5, 0.6) is 0 Å². The van der Waals surface area contributed by atoms with E-state index in [-0.39, 0.29) is 18.6 Å². The Morgan fingerprint density at radius 2 is 2.29 bits per heavy atom. The Labute approximate surface area is 100 Å². The Balaban J connectivity index is 2.23. The van der Waals surface area contributed by atoms with E-state index < -0.39 is 0 Å². The van der Waals surface area contributed by atoms with Gasteiger partial charge in [-0.2, -0.15) is 0 Å². The van der Waals surface area contributed by atoms with Crippen molar-refractivity contribution in [2.24, 2.45) is 5.92 Å². The summed E-state index contributed by atoms with van der Waals surface area (Å²) in [6.45, 7) is 6.20. The number of carbonyl (C=O) groups excluding carboxylic acids is 1. The molecule has 94 valence electrons. The van der Waals surface area contributed by atoms with Gasteiger partial charge in [0.2, 0.25) is 5.76 Å². The molecule has 1 aliphatic rings. The summed E-state index contributed by atoms with van der Waals surface area (Å²) in [4.78, 5) is 18.1. The van der Waals surface area contributed by atoms with Gasteiger partial charge in [-0.1, -0.05) is 6.92 Å². The summed E-state index contributed by atoms with van der Waals surface area (Å²) in [6, 6.07) is -0.104. The van der Waals surface area contributed by atoms with Crippen molar-refractivity contribution in [3.8, 4) is 0 Å². The molecule has 1 amide bonds. The van der Waals surface area contributed by atoms with E-state index >= 15 is 0 Å². The van der Waals surface area contributed by atoms with Crippen molar-refractivity contribution >= 4 is 5.91 Å². The molecule has 2 atom stereocenters. The van der Waals surface area contributed by atoms with E-state index in [0.29, 0.717) is 29.8 Å². The van der Waals surface area contributed by atoms with Gasteiger partial charge in [0.15, 0.2) is 5.89 Å². The van der Waals surface area contributed by atoms with E-state index in [1.807, 2.05) is 6.92 Å². The number of hydrogen-bond acceptors (Lipinski definition) is 4. The molecular formula is C12H18N2O3. The highest BCUT2D eigenvalue weighted by atomic mass is 16.4. The van der Waals surface area contributed by atoms with Gasteiger partial charge in [-0.3, -0.25) is 4.79 Å². The summed E-state index contributed by atoms with van der Waals surface area (Å²) < 4.78 is 5.33. The molecule has 0 aliphatic carbocycles. The molecule has 1 aliphatic heterocycles. The minimum absolute atomic E-state index is 0.000919. The van der Waals surface area contributed by atoms with Crippen LogP contribution in [0.3, 0.4) is 0 Å². The van der Waals surface area contributed by atoms with Crippen LogP contribution in [0.1, 0.15) is 35.5 Å². The number of rotatable bonds is 2. The zero-order valence-electron chi connectivity index (χ0n) is 10.4. The number of aliphatic hydroxyl groups is 1. The molecule has 5 heteroatoms. The van der Waals surface area contributed by atoms with Crippen LogP contribution in [-0.2, 0) is 0 Å². The van der Waals surface area contributed by atoms with Crippen LogP contribution in [0.15, 0.2) is 4.42 Å². The van der Waals surface area contributed by atoms with Crippen molar-refractivity contribution in [2.75, 3.05) is 13.2 Å². The quantitative estimate of drug-likeness (QED) is 0.838. The lowest BCUT2D eigenvalue weighted by Gasteiger charge is -2.24. The van der Waals surface area contributed by atoms with Crippen molar-refractivity contribution in [2.45, 2.75) is 33.2 Å². The average Bonchev–Trinajstić information content (AvgIpc) is 2.80. The predicted octanol–water partition coefficient (Wildman–Crippen LogP) is 1.13. The summed E-state index contributed by atoms with van der Waals surface area (Å²) in [7, 11) is 0. The Kier molecular flexibility index (Phi) is 3.19. The van der Waals surface area contributed by atoms with Gasteiger partial charge in [-0.25, -0.2) is 4.98 Å². The molecule has 1 aromatic heterocycles. The molecule has 0 spiro atoms. The van der Waals surface area contributed by atoms with Gasteiger partial charge < -0.3 is 14.4 Å². The molecule has 1 N–H and O–H groups in total.